The molecule has 1 aliphatic rings. The third kappa shape index (κ3) is 4.86. The monoisotopic (exact) mass is 225 g/mol. The number of hydrogen-bond donors (Lipinski definition) is 0. The Kier molecular flexibility index (Phi) is 7.11. The second kappa shape index (κ2) is 8.11. The SMILES string of the molecule is CCCCCCN1CC(C)CCC1CCC. The lowest BCUT2D eigenvalue weighted by atomic mass is 9.91. The van der Waals surface area contributed by atoms with Crippen LogP contribution in [0.1, 0.15) is 72.1 Å². The zero-order valence-electron chi connectivity index (χ0n) is 11.7. The quantitative estimate of drug-likeness (QED) is 0.578. The molecule has 0 aromatic carbocycles. The minimum absolute atomic E-state index is 0.905. The Morgan fingerprint density at radius 3 is 2.50 bits per heavy atom. The van der Waals surface area contributed by atoms with Gasteiger partial charge in [0.1, 0.15) is 0 Å². The van der Waals surface area contributed by atoms with E-state index in [9.17, 15) is 0 Å². The fraction of sp³-hybridized carbons (Fsp3) is 1.00. The van der Waals surface area contributed by atoms with Gasteiger partial charge in [-0.1, -0.05) is 46.5 Å². The van der Waals surface area contributed by atoms with Crippen LogP contribution < -0.4 is 0 Å². The summed E-state index contributed by atoms with van der Waals surface area (Å²) in [5.41, 5.74) is 0. The van der Waals surface area contributed by atoms with Crippen LogP contribution in [0.2, 0.25) is 0 Å². The molecule has 0 amide bonds. The molecule has 0 radical (unpaired) electrons. The zero-order valence-corrected chi connectivity index (χ0v) is 11.7. The molecule has 0 bridgehead atoms. The van der Waals surface area contributed by atoms with Gasteiger partial charge in [-0.2, -0.15) is 0 Å². The molecule has 0 saturated carbocycles. The summed E-state index contributed by atoms with van der Waals surface area (Å²) >= 11 is 0. The van der Waals surface area contributed by atoms with E-state index in [1.54, 1.807) is 0 Å². The highest BCUT2D eigenvalue weighted by Gasteiger charge is 2.24. The molecule has 16 heavy (non-hydrogen) atoms. The summed E-state index contributed by atoms with van der Waals surface area (Å²) in [7, 11) is 0. The van der Waals surface area contributed by atoms with Crippen molar-refractivity contribution in [2.75, 3.05) is 13.1 Å². The molecule has 0 spiro atoms. The molecule has 2 atom stereocenters. The maximum absolute atomic E-state index is 2.79. The number of rotatable bonds is 7. The smallest absolute Gasteiger partial charge is 0.00953 e. The summed E-state index contributed by atoms with van der Waals surface area (Å²) in [5, 5.41) is 0. The van der Waals surface area contributed by atoms with Crippen molar-refractivity contribution in [2.24, 2.45) is 5.92 Å². The molecular weight excluding hydrogens is 194 g/mol. The van der Waals surface area contributed by atoms with E-state index in [2.05, 4.69) is 25.7 Å². The Balaban J connectivity index is 2.26. The van der Waals surface area contributed by atoms with Gasteiger partial charge in [0.2, 0.25) is 0 Å². The predicted octanol–water partition coefficient (Wildman–Crippen LogP) is 4.47. The van der Waals surface area contributed by atoms with Crippen LogP contribution in [0.3, 0.4) is 0 Å². The lowest BCUT2D eigenvalue weighted by molar-refractivity contribution is 0.105. The molecule has 1 aliphatic heterocycles. The zero-order chi connectivity index (χ0) is 11.8. The van der Waals surface area contributed by atoms with E-state index in [0.29, 0.717) is 0 Å². The first kappa shape index (κ1) is 14.0. The van der Waals surface area contributed by atoms with Gasteiger partial charge in [-0.15, -0.1) is 0 Å². The summed E-state index contributed by atoms with van der Waals surface area (Å²) < 4.78 is 0. The average molecular weight is 225 g/mol. The van der Waals surface area contributed by atoms with Gasteiger partial charge >= 0.3 is 0 Å². The molecule has 0 N–H and O–H groups in total. The van der Waals surface area contributed by atoms with Gasteiger partial charge in [0.15, 0.2) is 0 Å². The minimum atomic E-state index is 0.905. The van der Waals surface area contributed by atoms with E-state index in [1.807, 2.05) is 0 Å². The fourth-order valence-corrected chi connectivity index (χ4v) is 2.98. The van der Waals surface area contributed by atoms with Crippen LogP contribution in [0.25, 0.3) is 0 Å². The number of nitrogens with zero attached hydrogens (tertiary/aromatic N) is 1. The molecule has 1 fully saturated rings. The third-order valence-electron chi connectivity index (χ3n) is 3.98. The lowest BCUT2D eigenvalue weighted by Gasteiger charge is -2.38. The number of likely N-dealkylation sites (tertiary alicyclic amines) is 1. The molecule has 1 heterocycles. The number of hydrogen-bond acceptors (Lipinski definition) is 1. The second-order valence-electron chi connectivity index (χ2n) is 5.68. The van der Waals surface area contributed by atoms with Crippen molar-refractivity contribution < 1.29 is 0 Å². The highest BCUT2D eigenvalue weighted by molar-refractivity contribution is 4.79. The second-order valence-corrected chi connectivity index (χ2v) is 5.68. The minimum Gasteiger partial charge on any atom is -0.300 e. The van der Waals surface area contributed by atoms with Gasteiger partial charge in [0, 0.05) is 12.6 Å². The summed E-state index contributed by atoms with van der Waals surface area (Å²) in [5.74, 6) is 0.930. The first-order valence-corrected chi connectivity index (χ1v) is 7.52. The van der Waals surface area contributed by atoms with Crippen LogP contribution in [-0.2, 0) is 0 Å². The van der Waals surface area contributed by atoms with Crippen LogP contribution in [0.15, 0.2) is 0 Å². The van der Waals surface area contributed by atoms with Crippen molar-refractivity contribution in [1.29, 1.82) is 0 Å². The molecule has 0 aliphatic carbocycles. The predicted molar refractivity (Wildman–Crippen MR) is 72.8 cm³/mol. The fourth-order valence-electron chi connectivity index (χ4n) is 2.98. The van der Waals surface area contributed by atoms with E-state index in [0.717, 1.165) is 12.0 Å². The molecule has 0 aromatic rings. The molecular formula is C15H31N. The van der Waals surface area contributed by atoms with Crippen molar-refractivity contribution in [3.8, 4) is 0 Å². The molecule has 2 unspecified atom stereocenters. The van der Waals surface area contributed by atoms with E-state index < -0.39 is 0 Å². The van der Waals surface area contributed by atoms with Crippen LogP contribution >= 0.6 is 0 Å². The van der Waals surface area contributed by atoms with Gasteiger partial charge in [-0.3, -0.25) is 0 Å². The Morgan fingerprint density at radius 2 is 1.81 bits per heavy atom. The lowest BCUT2D eigenvalue weighted by Crippen LogP contribution is -2.43. The van der Waals surface area contributed by atoms with E-state index in [1.165, 1.54) is 64.5 Å². The molecule has 1 nitrogen and oxygen atoms in total. The van der Waals surface area contributed by atoms with Gasteiger partial charge in [0.05, 0.1) is 0 Å². The standard InChI is InChI=1S/C15H31N/c1-4-6-7-8-12-16-13-14(3)10-11-15(16)9-5-2/h14-15H,4-13H2,1-3H3. The molecule has 0 aromatic heterocycles. The Hall–Kier alpha value is -0.0400. The molecule has 1 rings (SSSR count). The summed E-state index contributed by atoms with van der Waals surface area (Å²) in [4.78, 5) is 2.79. The maximum Gasteiger partial charge on any atom is 0.00953 e. The largest absolute Gasteiger partial charge is 0.300 e. The van der Waals surface area contributed by atoms with Crippen molar-refractivity contribution in [3.05, 3.63) is 0 Å². The Morgan fingerprint density at radius 1 is 1.00 bits per heavy atom. The summed E-state index contributed by atoms with van der Waals surface area (Å²) in [6.07, 6.45) is 11.3. The van der Waals surface area contributed by atoms with Crippen molar-refractivity contribution >= 4 is 0 Å². The van der Waals surface area contributed by atoms with E-state index in [4.69, 9.17) is 0 Å². The van der Waals surface area contributed by atoms with E-state index in [-0.39, 0.29) is 0 Å². The maximum atomic E-state index is 2.79. The Bertz CT molecular complexity index is 167. The van der Waals surface area contributed by atoms with Crippen LogP contribution in [-0.4, -0.2) is 24.0 Å². The van der Waals surface area contributed by atoms with Crippen LogP contribution in [0.5, 0.6) is 0 Å². The van der Waals surface area contributed by atoms with Crippen LogP contribution in [0.4, 0.5) is 0 Å². The van der Waals surface area contributed by atoms with Crippen molar-refractivity contribution in [1.82, 2.24) is 4.90 Å². The highest BCUT2D eigenvalue weighted by atomic mass is 15.2. The van der Waals surface area contributed by atoms with Crippen molar-refractivity contribution in [3.63, 3.8) is 0 Å². The topological polar surface area (TPSA) is 3.24 Å². The van der Waals surface area contributed by atoms with Gasteiger partial charge in [-0.25, -0.2) is 0 Å². The van der Waals surface area contributed by atoms with Gasteiger partial charge in [-0.05, 0) is 38.1 Å². The van der Waals surface area contributed by atoms with E-state index >= 15 is 0 Å². The molecule has 1 heteroatoms. The average Bonchev–Trinajstić information content (AvgIpc) is 2.28. The molecule has 1 saturated heterocycles. The number of unbranched alkanes of at least 4 members (excludes halogenated alkanes) is 3. The van der Waals surface area contributed by atoms with Gasteiger partial charge in [0.25, 0.3) is 0 Å². The van der Waals surface area contributed by atoms with Crippen LogP contribution in [0, 0.1) is 5.92 Å². The third-order valence-corrected chi connectivity index (χ3v) is 3.98. The molecule has 96 valence electrons. The summed E-state index contributed by atoms with van der Waals surface area (Å²) in [6, 6.07) is 0.905. The normalized spacial score (nSPS) is 27.2. The number of piperidine rings is 1. The van der Waals surface area contributed by atoms with Gasteiger partial charge < -0.3 is 4.90 Å². The first-order chi connectivity index (χ1) is 7.77. The first-order valence-electron chi connectivity index (χ1n) is 7.52. The Labute approximate surface area is 103 Å². The highest BCUT2D eigenvalue weighted by Crippen LogP contribution is 2.24. The summed E-state index contributed by atoms with van der Waals surface area (Å²) in [6.45, 7) is 9.75. The van der Waals surface area contributed by atoms with Crippen molar-refractivity contribution in [2.45, 2.75) is 78.2 Å².